The summed E-state index contributed by atoms with van der Waals surface area (Å²) in [6.45, 7) is 2.02. The quantitative estimate of drug-likeness (QED) is 0.234. The number of hydrogen-bond donors (Lipinski definition) is 1. The second kappa shape index (κ2) is 11.0. The summed E-state index contributed by atoms with van der Waals surface area (Å²) < 4.78 is 7.88. The zero-order chi connectivity index (χ0) is 22.3. The fourth-order valence-corrected chi connectivity index (χ4v) is 4.45. The van der Waals surface area contributed by atoms with Crippen LogP contribution in [-0.2, 0) is 20.2 Å². The van der Waals surface area contributed by atoms with Gasteiger partial charge in [0.25, 0.3) is 0 Å². The summed E-state index contributed by atoms with van der Waals surface area (Å²) in [6.07, 6.45) is 1.00. The van der Waals surface area contributed by atoms with Crippen molar-refractivity contribution in [3.05, 3.63) is 75.8 Å². The summed E-state index contributed by atoms with van der Waals surface area (Å²) in [5, 5.41) is 19.3. The summed E-state index contributed by atoms with van der Waals surface area (Å²) in [6, 6.07) is 18.0. The maximum Gasteiger partial charge on any atom is 0.209 e. The first-order valence-corrected chi connectivity index (χ1v) is 12.0. The highest BCUT2D eigenvalue weighted by Crippen LogP contribution is 2.29. The standard InChI is InChI=1S/C23H23Cl2N5OS/c1-30-23(27-28-29-30)32-12-4-11-26-14-19-18-6-3-2-5-17(18)8-10-22(19)31-15-16-7-9-20(24)21(25)13-16/h2-3,5-10,13,26H,4,11-12,14-15H2,1H3. The smallest absolute Gasteiger partial charge is 0.209 e. The molecule has 0 fully saturated rings. The first-order valence-electron chi connectivity index (χ1n) is 10.2. The number of halogens is 2. The third-order valence-electron chi connectivity index (χ3n) is 4.99. The number of fused-ring (bicyclic) bond motifs is 1. The highest BCUT2D eigenvalue weighted by Gasteiger charge is 2.10. The molecule has 0 aliphatic carbocycles. The lowest BCUT2D eigenvalue weighted by Crippen LogP contribution is -2.16. The average molecular weight is 488 g/mol. The molecule has 0 spiro atoms. The SMILES string of the molecule is Cn1nnnc1SCCCNCc1c(OCc2ccc(Cl)c(Cl)c2)ccc2ccccc12. The molecule has 0 aliphatic heterocycles. The highest BCUT2D eigenvalue weighted by atomic mass is 35.5. The molecule has 32 heavy (non-hydrogen) atoms. The van der Waals surface area contributed by atoms with Gasteiger partial charge in [-0.15, -0.1) is 5.10 Å². The molecule has 0 saturated heterocycles. The minimum Gasteiger partial charge on any atom is -0.489 e. The van der Waals surface area contributed by atoms with Crippen LogP contribution < -0.4 is 10.1 Å². The molecule has 166 valence electrons. The molecule has 4 aromatic rings. The van der Waals surface area contributed by atoms with Crippen molar-refractivity contribution in [1.82, 2.24) is 25.5 Å². The summed E-state index contributed by atoms with van der Waals surface area (Å²) in [5.41, 5.74) is 2.12. The molecule has 0 bridgehead atoms. The molecular formula is C23H23Cl2N5OS. The Bertz CT molecular complexity index is 1200. The fourth-order valence-electron chi connectivity index (χ4n) is 3.34. The van der Waals surface area contributed by atoms with E-state index >= 15 is 0 Å². The van der Waals surface area contributed by atoms with Crippen molar-refractivity contribution in [2.24, 2.45) is 7.05 Å². The Morgan fingerprint density at radius 3 is 2.75 bits per heavy atom. The predicted octanol–water partition coefficient (Wildman–Crippen LogP) is 5.52. The van der Waals surface area contributed by atoms with Crippen molar-refractivity contribution in [3.8, 4) is 5.75 Å². The molecule has 0 amide bonds. The number of nitrogens with one attached hydrogen (secondary N) is 1. The third kappa shape index (κ3) is 5.72. The van der Waals surface area contributed by atoms with Crippen molar-refractivity contribution in [1.29, 1.82) is 0 Å². The number of hydrogen-bond acceptors (Lipinski definition) is 6. The number of tetrazole rings is 1. The molecule has 0 unspecified atom stereocenters. The Morgan fingerprint density at radius 1 is 1.06 bits per heavy atom. The maximum absolute atomic E-state index is 6.20. The molecule has 0 radical (unpaired) electrons. The van der Waals surface area contributed by atoms with Gasteiger partial charge in [0.1, 0.15) is 12.4 Å². The van der Waals surface area contributed by atoms with Crippen LogP contribution in [0.5, 0.6) is 5.75 Å². The normalized spacial score (nSPS) is 11.2. The number of benzene rings is 3. The van der Waals surface area contributed by atoms with Crippen molar-refractivity contribution in [2.75, 3.05) is 12.3 Å². The van der Waals surface area contributed by atoms with Gasteiger partial charge in [0.2, 0.25) is 5.16 Å². The van der Waals surface area contributed by atoms with Crippen LogP contribution in [0.2, 0.25) is 10.0 Å². The van der Waals surface area contributed by atoms with Crippen molar-refractivity contribution >= 4 is 45.7 Å². The van der Waals surface area contributed by atoms with Gasteiger partial charge in [0.15, 0.2) is 0 Å². The lowest BCUT2D eigenvalue weighted by molar-refractivity contribution is 0.303. The highest BCUT2D eigenvalue weighted by molar-refractivity contribution is 7.99. The van der Waals surface area contributed by atoms with E-state index in [1.807, 2.05) is 31.3 Å². The summed E-state index contributed by atoms with van der Waals surface area (Å²) >= 11 is 13.8. The van der Waals surface area contributed by atoms with Crippen molar-refractivity contribution < 1.29 is 4.74 Å². The van der Waals surface area contributed by atoms with Gasteiger partial charge in [-0.2, -0.15) is 0 Å². The first-order chi connectivity index (χ1) is 15.6. The van der Waals surface area contributed by atoms with Crippen LogP contribution >= 0.6 is 35.0 Å². The first kappa shape index (κ1) is 22.9. The van der Waals surface area contributed by atoms with Gasteiger partial charge >= 0.3 is 0 Å². The van der Waals surface area contributed by atoms with Gasteiger partial charge in [-0.25, -0.2) is 4.68 Å². The van der Waals surface area contributed by atoms with Gasteiger partial charge < -0.3 is 10.1 Å². The largest absolute Gasteiger partial charge is 0.489 e. The number of ether oxygens (including phenoxy) is 1. The lowest BCUT2D eigenvalue weighted by atomic mass is 10.0. The summed E-state index contributed by atoms with van der Waals surface area (Å²) in [4.78, 5) is 0. The zero-order valence-corrected chi connectivity index (χ0v) is 19.9. The van der Waals surface area contributed by atoms with E-state index in [1.54, 1.807) is 22.5 Å². The average Bonchev–Trinajstić information content (AvgIpc) is 3.22. The monoisotopic (exact) mass is 487 g/mol. The predicted molar refractivity (Wildman–Crippen MR) is 131 cm³/mol. The molecular weight excluding hydrogens is 465 g/mol. The zero-order valence-electron chi connectivity index (χ0n) is 17.6. The van der Waals surface area contributed by atoms with Crippen LogP contribution in [0.1, 0.15) is 17.5 Å². The van der Waals surface area contributed by atoms with E-state index < -0.39 is 0 Å². The van der Waals surface area contributed by atoms with Crippen LogP contribution in [0, 0.1) is 0 Å². The van der Waals surface area contributed by atoms with Gasteiger partial charge in [-0.05, 0) is 57.9 Å². The third-order valence-corrected chi connectivity index (χ3v) is 6.82. The molecule has 1 N–H and O–H groups in total. The Hall–Kier alpha value is -2.32. The molecule has 6 nitrogen and oxygen atoms in total. The van der Waals surface area contributed by atoms with Gasteiger partial charge in [-0.3, -0.25) is 0 Å². The molecule has 0 aliphatic rings. The van der Waals surface area contributed by atoms with Gasteiger partial charge in [0.05, 0.1) is 10.0 Å². The number of aromatic nitrogens is 4. The molecule has 0 saturated carbocycles. The van der Waals surface area contributed by atoms with Gasteiger partial charge in [0, 0.05) is 24.9 Å². The van der Waals surface area contributed by atoms with Crippen LogP contribution in [0.25, 0.3) is 10.8 Å². The van der Waals surface area contributed by atoms with Crippen LogP contribution in [0.4, 0.5) is 0 Å². The second-order valence-electron chi connectivity index (χ2n) is 7.26. The number of aryl methyl sites for hydroxylation is 1. The van der Waals surface area contributed by atoms with Crippen LogP contribution in [0.3, 0.4) is 0 Å². The van der Waals surface area contributed by atoms with Crippen LogP contribution in [0.15, 0.2) is 59.8 Å². The van der Waals surface area contributed by atoms with Gasteiger partial charge in [-0.1, -0.05) is 71.4 Å². The summed E-state index contributed by atoms with van der Waals surface area (Å²) in [5.74, 6) is 1.80. The lowest BCUT2D eigenvalue weighted by Gasteiger charge is -2.15. The molecule has 1 heterocycles. The summed E-state index contributed by atoms with van der Waals surface area (Å²) in [7, 11) is 1.85. The van der Waals surface area contributed by atoms with E-state index in [1.165, 1.54) is 10.8 Å². The molecule has 1 aromatic heterocycles. The Labute approximate surface area is 201 Å². The minimum absolute atomic E-state index is 0.421. The molecule has 4 rings (SSSR count). The van der Waals surface area contributed by atoms with Crippen molar-refractivity contribution in [3.63, 3.8) is 0 Å². The molecule has 0 atom stereocenters. The van der Waals surface area contributed by atoms with E-state index in [9.17, 15) is 0 Å². The van der Waals surface area contributed by atoms with E-state index in [2.05, 4.69) is 45.1 Å². The van der Waals surface area contributed by atoms with Crippen molar-refractivity contribution in [2.45, 2.75) is 24.7 Å². The number of nitrogens with zero attached hydrogens (tertiary/aromatic N) is 4. The molecule has 9 heteroatoms. The fraction of sp³-hybridized carbons (Fsp3) is 0.261. The minimum atomic E-state index is 0.421. The number of rotatable bonds is 10. The second-order valence-corrected chi connectivity index (χ2v) is 9.14. The maximum atomic E-state index is 6.20. The topological polar surface area (TPSA) is 64.9 Å². The Kier molecular flexibility index (Phi) is 7.86. The Balaban J connectivity index is 1.39. The van der Waals surface area contributed by atoms with E-state index in [0.29, 0.717) is 23.2 Å². The Morgan fingerprint density at radius 2 is 1.94 bits per heavy atom. The van der Waals surface area contributed by atoms with E-state index in [-0.39, 0.29) is 0 Å². The van der Waals surface area contributed by atoms with E-state index in [4.69, 9.17) is 27.9 Å². The molecule has 3 aromatic carbocycles. The number of thioether (sulfide) groups is 1. The van der Waals surface area contributed by atoms with Crippen LogP contribution in [-0.4, -0.2) is 32.5 Å². The van der Waals surface area contributed by atoms with E-state index in [0.717, 1.165) is 40.8 Å².